The van der Waals surface area contributed by atoms with E-state index < -0.39 is 30.1 Å². The van der Waals surface area contributed by atoms with Crippen molar-refractivity contribution in [3.05, 3.63) is 59.7 Å². The Labute approximate surface area is 238 Å². The Morgan fingerprint density at radius 1 is 0.950 bits per heavy atom. The highest BCUT2D eigenvalue weighted by molar-refractivity contribution is 7.99. The van der Waals surface area contributed by atoms with Gasteiger partial charge in [0.1, 0.15) is 18.7 Å². The summed E-state index contributed by atoms with van der Waals surface area (Å²) in [5.41, 5.74) is 4.60. The predicted molar refractivity (Wildman–Crippen MR) is 153 cm³/mol. The van der Waals surface area contributed by atoms with E-state index in [9.17, 15) is 19.2 Å². The highest BCUT2D eigenvalue weighted by Gasteiger charge is 2.29. The largest absolute Gasteiger partial charge is 0.467 e. The lowest BCUT2D eigenvalue weighted by atomic mass is 9.98. The number of hydrogen-bond donors (Lipinski definition) is 4. The molecule has 1 unspecified atom stereocenters. The number of aliphatic hydroxyl groups is 1. The standard InChI is InChI=1S/C29H37N3O7S/c1-19(34)31-26(18-40-16-15-33)27(35)32-25(28(36)38-2)13-7-8-14-30-29(37)39-17-24-22-11-5-3-9-20(22)21-10-4-6-12-23(21)24/h3-6,9-12,24-26,33H,7-8,13-18H2,1-2H3,(H,30,37)(H,31,34)(H,32,35)/t25?,26-/m0/s1. The third-order valence-corrected chi connectivity index (χ3v) is 7.59. The number of carbonyl (C=O) groups excluding carboxylic acids is 4. The van der Waals surface area contributed by atoms with E-state index in [2.05, 4.69) is 40.2 Å². The third-order valence-electron chi connectivity index (χ3n) is 6.55. The Kier molecular flexibility index (Phi) is 12.3. The predicted octanol–water partition coefficient (Wildman–Crippen LogP) is 2.58. The molecule has 2 aromatic rings. The number of nitrogens with one attached hydrogen (secondary N) is 3. The van der Waals surface area contributed by atoms with Crippen LogP contribution in [0, 0.1) is 0 Å². The normalized spacial score (nSPS) is 13.4. The molecule has 216 valence electrons. The van der Waals surface area contributed by atoms with Gasteiger partial charge in [-0.05, 0) is 41.5 Å². The molecule has 1 aliphatic carbocycles. The highest BCUT2D eigenvalue weighted by atomic mass is 32.2. The first-order valence-electron chi connectivity index (χ1n) is 13.3. The Balaban J connectivity index is 1.43. The zero-order valence-electron chi connectivity index (χ0n) is 22.8. The Bertz CT molecular complexity index is 1130. The minimum absolute atomic E-state index is 0.0223. The van der Waals surface area contributed by atoms with Gasteiger partial charge in [0.2, 0.25) is 11.8 Å². The first kappa shape index (κ1) is 31.0. The van der Waals surface area contributed by atoms with Gasteiger partial charge >= 0.3 is 12.1 Å². The topological polar surface area (TPSA) is 143 Å². The number of methoxy groups -OCH3 is 1. The number of esters is 1. The second-order valence-corrected chi connectivity index (χ2v) is 10.5. The van der Waals surface area contributed by atoms with Crippen LogP contribution in [0.2, 0.25) is 0 Å². The van der Waals surface area contributed by atoms with Crippen LogP contribution in [-0.4, -0.2) is 79.4 Å². The quantitative estimate of drug-likeness (QED) is 0.189. The number of unbranched alkanes of at least 4 members (excludes halogenated alkanes) is 1. The lowest BCUT2D eigenvalue weighted by molar-refractivity contribution is -0.145. The van der Waals surface area contributed by atoms with Gasteiger partial charge in [0.05, 0.1) is 13.7 Å². The molecule has 0 radical (unpaired) electrons. The summed E-state index contributed by atoms with van der Waals surface area (Å²) in [6.45, 7) is 1.82. The molecule has 1 aliphatic rings. The zero-order chi connectivity index (χ0) is 28.9. The Morgan fingerprint density at radius 3 is 2.20 bits per heavy atom. The number of thioether (sulfide) groups is 1. The van der Waals surface area contributed by atoms with Gasteiger partial charge in [0.25, 0.3) is 0 Å². The van der Waals surface area contributed by atoms with Crippen molar-refractivity contribution in [1.82, 2.24) is 16.0 Å². The molecule has 4 N–H and O–H groups in total. The number of hydrogen-bond acceptors (Lipinski definition) is 8. The molecule has 3 amide bonds. The van der Waals surface area contributed by atoms with Gasteiger partial charge in [0, 0.05) is 30.9 Å². The smallest absolute Gasteiger partial charge is 0.407 e. The van der Waals surface area contributed by atoms with Gasteiger partial charge in [0.15, 0.2) is 0 Å². The van der Waals surface area contributed by atoms with E-state index in [1.54, 1.807) is 0 Å². The van der Waals surface area contributed by atoms with Crippen LogP contribution in [0.25, 0.3) is 11.1 Å². The van der Waals surface area contributed by atoms with Gasteiger partial charge in [-0.15, -0.1) is 0 Å². The number of amides is 3. The average Bonchev–Trinajstić information content (AvgIpc) is 3.27. The van der Waals surface area contributed by atoms with E-state index >= 15 is 0 Å². The fourth-order valence-electron chi connectivity index (χ4n) is 4.67. The molecule has 0 bridgehead atoms. The van der Waals surface area contributed by atoms with Crippen LogP contribution >= 0.6 is 11.8 Å². The van der Waals surface area contributed by atoms with Gasteiger partial charge in [-0.2, -0.15) is 11.8 Å². The van der Waals surface area contributed by atoms with Crippen molar-refractivity contribution in [1.29, 1.82) is 0 Å². The summed E-state index contributed by atoms with van der Waals surface area (Å²) >= 11 is 1.31. The molecular formula is C29H37N3O7S. The maximum absolute atomic E-state index is 12.7. The molecule has 10 nitrogen and oxygen atoms in total. The maximum atomic E-state index is 12.7. The van der Waals surface area contributed by atoms with Crippen molar-refractivity contribution < 1.29 is 33.8 Å². The molecule has 0 spiro atoms. The van der Waals surface area contributed by atoms with E-state index in [-0.39, 0.29) is 30.8 Å². The Morgan fingerprint density at radius 2 is 1.60 bits per heavy atom. The Hall–Kier alpha value is -3.57. The van der Waals surface area contributed by atoms with E-state index in [4.69, 9.17) is 14.6 Å². The molecule has 0 fully saturated rings. The molecule has 0 saturated carbocycles. The molecule has 0 saturated heterocycles. The van der Waals surface area contributed by atoms with Gasteiger partial charge in [-0.25, -0.2) is 9.59 Å². The van der Waals surface area contributed by atoms with Crippen molar-refractivity contribution in [2.75, 3.05) is 38.4 Å². The third kappa shape index (κ3) is 8.72. The molecule has 3 rings (SSSR count). The van der Waals surface area contributed by atoms with E-state index in [0.717, 1.165) is 22.3 Å². The van der Waals surface area contributed by atoms with Crippen molar-refractivity contribution in [2.45, 2.75) is 44.2 Å². The van der Waals surface area contributed by atoms with Crippen molar-refractivity contribution >= 4 is 35.6 Å². The van der Waals surface area contributed by atoms with Crippen LogP contribution in [0.15, 0.2) is 48.5 Å². The molecule has 0 aromatic heterocycles. The summed E-state index contributed by atoms with van der Waals surface area (Å²) in [5.74, 6) is -0.829. The van der Waals surface area contributed by atoms with Crippen LogP contribution < -0.4 is 16.0 Å². The van der Waals surface area contributed by atoms with E-state index in [1.165, 1.54) is 25.8 Å². The minimum Gasteiger partial charge on any atom is -0.467 e. The minimum atomic E-state index is -0.897. The number of rotatable bonds is 15. The molecule has 0 aliphatic heterocycles. The summed E-state index contributed by atoms with van der Waals surface area (Å²) in [7, 11) is 1.24. The fraction of sp³-hybridized carbons (Fsp3) is 0.448. The lowest BCUT2D eigenvalue weighted by Gasteiger charge is -2.21. The molecule has 40 heavy (non-hydrogen) atoms. The molecule has 2 atom stereocenters. The number of aliphatic hydroxyl groups excluding tert-OH is 1. The summed E-state index contributed by atoms with van der Waals surface area (Å²) in [6, 6.07) is 14.5. The monoisotopic (exact) mass is 571 g/mol. The maximum Gasteiger partial charge on any atom is 0.407 e. The van der Waals surface area contributed by atoms with E-state index in [0.29, 0.717) is 31.6 Å². The van der Waals surface area contributed by atoms with Crippen molar-refractivity contribution in [3.63, 3.8) is 0 Å². The second-order valence-electron chi connectivity index (χ2n) is 9.38. The highest BCUT2D eigenvalue weighted by Crippen LogP contribution is 2.44. The first-order chi connectivity index (χ1) is 19.3. The summed E-state index contributed by atoms with van der Waals surface area (Å²) in [5, 5.41) is 16.9. The number of benzene rings is 2. The molecular weight excluding hydrogens is 534 g/mol. The first-order valence-corrected chi connectivity index (χ1v) is 14.4. The van der Waals surface area contributed by atoms with E-state index in [1.807, 2.05) is 24.3 Å². The van der Waals surface area contributed by atoms with Crippen LogP contribution in [0.4, 0.5) is 4.79 Å². The lowest BCUT2D eigenvalue weighted by Crippen LogP contribution is -2.52. The van der Waals surface area contributed by atoms with Gasteiger partial charge in [-0.3, -0.25) is 9.59 Å². The summed E-state index contributed by atoms with van der Waals surface area (Å²) < 4.78 is 10.4. The molecule has 0 heterocycles. The summed E-state index contributed by atoms with van der Waals surface area (Å²) in [4.78, 5) is 48.9. The molecule has 11 heteroatoms. The molecule has 2 aromatic carbocycles. The second kappa shape index (κ2) is 15.9. The number of ether oxygens (including phenoxy) is 2. The van der Waals surface area contributed by atoms with Crippen molar-refractivity contribution in [3.8, 4) is 11.1 Å². The van der Waals surface area contributed by atoms with Crippen molar-refractivity contribution in [2.24, 2.45) is 0 Å². The van der Waals surface area contributed by atoms with Gasteiger partial charge < -0.3 is 30.5 Å². The number of fused-ring (bicyclic) bond motifs is 3. The van der Waals surface area contributed by atoms with Gasteiger partial charge in [-0.1, -0.05) is 48.5 Å². The number of alkyl carbamates (subject to hydrolysis) is 1. The average molecular weight is 572 g/mol. The van der Waals surface area contributed by atoms with Crippen LogP contribution in [-0.2, 0) is 23.9 Å². The van der Waals surface area contributed by atoms with Crippen LogP contribution in [0.3, 0.4) is 0 Å². The summed E-state index contributed by atoms with van der Waals surface area (Å²) in [6.07, 6.45) is 0.850. The van der Waals surface area contributed by atoms with Crippen LogP contribution in [0.1, 0.15) is 43.2 Å². The number of carbonyl (C=O) groups is 4. The SMILES string of the molecule is COC(=O)C(CCCCNC(=O)OCC1c2ccccc2-c2ccccc21)NC(=O)[C@H](CSCCO)NC(C)=O. The zero-order valence-corrected chi connectivity index (χ0v) is 23.6. The van der Waals surface area contributed by atoms with Crippen LogP contribution in [0.5, 0.6) is 0 Å². The fourth-order valence-corrected chi connectivity index (χ4v) is 5.44.